The third-order valence-electron chi connectivity index (χ3n) is 4.79. The van der Waals surface area contributed by atoms with Crippen molar-refractivity contribution in [3.8, 4) is 33.4 Å². The van der Waals surface area contributed by atoms with Crippen molar-refractivity contribution < 1.29 is 4.92 Å². The molecule has 0 unspecified atom stereocenters. The van der Waals surface area contributed by atoms with Gasteiger partial charge in [-0.05, 0) is 23.8 Å². The summed E-state index contributed by atoms with van der Waals surface area (Å²) in [5, 5.41) is 12.8. The van der Waals surface area contributed by atoms with E-state index in [0.717, 1.165) is 0 Å². The van der Waals surface area contributed by atoms with Crippen molar-refractivity contribution in [2.45, 2.75) is 0 Å². The van der Waals surface area contributed by atoms with Gasteiger partial charge in [-0.1, -0.05) is 59.6 Å². The summed E-state index contributed by atoms with van der Waals surface area (Å²) in [5.74, 6) is 0.161. The van der Waals surface area contributed by atoms with E-state index < -0.39 is 4.92 Å². The van der Waals surface area contributed by atoms with Crippen LogP contribution in [0.25, 0.3) is 33.4 Å². The molecule has 4 N–H and O–H groups in total. The smallest absolute Gasteiger partial charge is 0.277 e. The third kappa shape index (κ3) is 3.76. The molecule has 0 fully saturated rings. The second kappa shape index (κ2) is 8.22. The summed E-state index contributed by atoms with van der Waals surface area (Å²) in [6, 6.07) is 17.0. The average Bonchev–Trinajstić information content (AvgIpc) is 2.74. The normalized spacial score (nSPS) is 10.8. The fourth-order valence-electron chi connectivity index (χ4n) is 3.47. The molecule has 0 atom stereocenters. The molecule has 3 aromatic carbocycles. The molecular formula is C22H15Cl2N5O2. The van der Waals surface area contributed by atoms with E-state index in [-0.39, 0.29) is 17.5 Å². The van der Waals surface area contributed by atoms with Crippen molar-refractivity contribution in [1.82, 2.24) is 9.97 Å². The Morgan fingerprint density at radius 2 is 1.35 bits per heavy atom. The van der Waals surface area contributed by atoms with Crippen LogP contribution in [0.3, 0.4) is 0 Å². The molecule has 31 heavy (non-hydrogen) atoms. The predicted octanol–water partition coefficient (Wildman–Crippen LogP) is 5.86. The second-order valence-electron chi connectivity index (χ2n) is 6.63. The highest BCUT2D eigenvalue weighted by Crippen LogP contribution is 2.48. The maximum absolute atomic E-state index is 12.0. The Kier molecular flexibility index (Phi) is 5.46. The van der Waals surface area contributed by atoms with Crippen LogP contribution in [0.15, 0.2) is 66.9 Å². The standard InChI is InChI=1S/C22H15Cl2N5O2/c23-16-7-3-1-5-13(16)19-12(15-11-27-22(26)28-21(15)25)9-10-18(29(30)31)20(19)14-6-2-4-8-17(14)24/h1-11H,(H4,25,26,27,28). The molecule has 0 amide bonds. The highest BCUT2D eigenvalue weighted by molar-refractivity contribution is 6.35. The van der Waals surface area contributed by atoms with Crippen molar-refractivity contribution >= 4 is 40.7 Å². The van der Waals surface area contributed by atoms with Gasteiger partial charge >= 0.3 is 0 Å². The number of nitrogens with two attached hydrogens (primary N) is 2. The number of nitrogen functional groups attached to an aromatic ring is 2. The molecule has 0 radical (unpaired) electrons. The van der Waals surface area contributed by atoms with Gasteiger partial charge in [0, 0.05) is 44.6 Å². The van der Waals surface area contributed by atoms with E-state index in [9.17, 15) is 10.1 Å². The Morgan fingerprint density at radius 3 is 1.90 bits per heavy atom. The lowest BCUT2D eigenvalue weighted by Crippen LogP contribution is -2.03. The first-order valence-corrected chi connectivity index (χ1v) is 9.83. The zero-order valence-electron chi connectivity index (χ0n) is 15.9. The topological polar surface area (TPSA) is 121 Å². The van der Waals surface area contributed by atoms with E-state index in [4.69, 9.17) is 34.7 Å². The molecule has 0 saturated carbocycles. The summed E-state index contributed by atoms with van der Waals surface area (Å²) in [6.07, 6.45) is 1.48. The molecule has 0 aliphatic carbocycles. The summed E-state index contributed by atoms with van der Waals surface area (Å²) < 4.78 is 0. The second-order valence-corrected chi connectivity index (χ2v) is 7.44. The van der Waals surface area contributed by atoms with E-state index >= 15 is 0 Å². The molecule has 0 aliphatic rings. The van der Waals surface area contributed by atoms with Crippen LogP contribution < -0.4 is 11.5 Å². The first kappa shape index (κ1) is 20.6. The first-order valence-electron chi connectivity index (χ1n) is 9.08. The van der Waals surface area contributed by atoms with Crippen molar-refractivity contribution in [2.24, 2.45) is 0 Å². The third-order valence-corrected chi connectivity index (χ3v) is 5.45. The zero-order chi connectivity index (χ0) is 22.1. The Bertz CT molecular complexity index is 1330. The Labute approximate surface area is 187 Å². The van der Waals surface area contributed by atoms with Gasteiger partial charge in [-0.3, -0.25) is 10.1 Å². The molecule has 9 heteroatoms. The minimum atomic E-state index is -0.453. The minimum absolute atomic E-state index is 0.0220. The zero-order valence-corrected chi connectivity index (χ0v) is 17.4. The van der Waals surface area contributed by atoms with Gasteiger partial charge in [0.2, 0.25) is 5.95 Å². The Balaban J connectivity index is 2.20. The first-order chi connectivity index (χ1) is 14.9. The fourth-order valence-corrected chi connectivity index (χ4v) is 3.93. The number of nitro groups is 1. The maximum atomic E-state index is 12.0. The van der Waals surface area contributed by atoms with E-state index in [1.165, 1.54) is 12.3 Å². The van der Waals surface area contributed by atoms with Crippen molar-refractivity contribution in [2.75, 3.05) is 11.5 Å². The van der Waals surface area contributed by atoms with Crippen LogP contribution in [0.4, 0.5) is 17.5 Å². The molecule has 0 spiro atoms. The van der Waals surface area contributed by atoms with Crippen LogP contribution in [-0.2, 0) is 0 Å². The number of aromatic nitrogens is 2. The monoisotopic (exact) mass is 451 g/mol. The molecule has 1 heterocycles. The van der Waals surface area contributed by atoms with Gasteiger partial charge in [0.05, 0.1) is 10.5 Å². The van der Waals surface area contributed by atoms with Gasteiger partial charge in [-0.25, -0.2) is 4.98 Å². The maximum Gasteiger partial charge on any atom is 0.277 e. The molecule has 4 aromatic rings. The van der Waals surface area contributed by atoms with Crippen molar-refractivity contribution in [3.63, 3.8) is 0 Å². The highest BCUT2D eigenvalue weighted by atomic mass is 35.5. The highest BCUT2D eigenvalue weighted by Gasteiger charge is 2.27. The van der Waals surface area contributed by atoms with Gasteiger partial charge < -0.3 is 11.5 Å². The van der Waals surface area contributed by atoms with Gasteiger partial charge in [-0.2, -0.15) is 4.98 Å². The van der Waals surface area contributed by atoms with Crippen molar-refractivity contribution in [3.05, 3.63) is 87.0 Å². The molecule has 154 valence electrons. The Hall–Kier alpha value is -3.68. The predicted molar refractivity (Wildman–Crippen MR) is 124 cm³/mol. The van der Waals surface area contributed by atoms with Gasteiger partial charge in [0.1, 0.15) is 5.82 Å². The summed E-state index contributed by atoms with van der Waals surface area (Å²) in [5.41, 5.74) is 14.6. The largest absolute Gasteiger partial charge is 0.383 e. The number of anilines is 2. The van der Waals surface area contributed by atoms with Crippen LogP contribution in [0.5, 0.6) is 0 Å². The molecule has 4 rings (SSSR count). The number of nitro benzene ring substituents is 1. The number of hydrogen-bond donors (Lipinski definition) is 2. The molecular weight excluding hydrogens is 437 g/mol. The molecule has 0 aliphatic heterocycles. The number of hydrogen-bond acceptors (Lipinski definition) is 6. The lowest BCUT2D eigenvalue weighted by Gasteiger charge is -2.18. The van der Waals surface area contributed by atoms with Gasteiger partial charge in [0.15, 0.2) is 0 Å². The summed E-state index contributed by atoms with van der Waals surface area (Å²) in [4.78, 5) is 19.6. The SMILES string of the molecule is Nc1ncc(-c2ccc([N+](=O)[O-])c(-c3ccccc3Cl)c2-c2ccccc2Cl)c(N)n1. The summed E-state index contributed by atoms with van der Waals surface area (Å²) >= 11 is 13.0. The number of halogens is 2. The van der Waals surface area contributed by atoms with E-state index in [1.807, 2.05) is 0 Å². The number of nitrogens with zero attached hydrogens (tertiary/aromatic N) is 3. The molecule has 1 aromatic heterocycles. The van der Waals surface area contributed by atoms with Gasteiger partial charge in [0.25, 0.3) is 5.69 Å². The number of rotatable bonds is 4. The van der Waals surface area contributed by atoms with E-state index in [2.05, 4.69) is 9.97 Å². The quantitative estimate of drug-likeness (QED) is 0.296. The van der Waals surface area contributed by atoms with Crippen LogP contribution in [-0.4, -0.2) is 14.9 Å². The molecule has 0 bridgehead atoms. The van der Waals surface area contributed by atoms with Crippen LogP contribution in [0, 0.1) is 10.1 Å². The van der Waals surface area contributed by atoms with Gasteiger partial charge in [-0.15, -0.1) is 0 Å². The summed E-state index contributed by atoms with van der Waals surface area (Å²) in [7, 11) is 0. The lowest BCUT2D eigenvalue weighted by atomic mass is 9.87. The Morgan fingerprint density at radius 1 is 0.774 bits per heavy atom. The van der Waals surface area contributed by atoms with E-state index in [0.29, 0.717) is 43.4 Å². The summed E-state index contributed by atoms with van der Waals surface area (Å²) in [6.45, 7) is 0. The van der Waals surface area contributed by atoms with Crippen molar-refractivity contribution in [1.29, 1.82) is 0 Å². The van der Waals surface area contributed by atoms with E-state index in [1.54, 1.807) is 54.6 Å². The minimum Gasteiger partial charge on any atom is -0.383 e. The van der Waals surface area contributed by atoms with Crippen LogP contribution in [0.1, 0.15) is 0 Å². The number of benzene rings is 3. The average molecular weight is 452 g/mol. The molecule has 0 saturated heterocycles. The van der Waals surface area contributed by atoms with Crippen LogP contribution >= 0.6 is 23.2 Å². The van der Waals surface area contributed by atoms with Crippen LogP contribution in [0.2, 0.25) is 10.0 Å². The lowest BCUT2D eigenvalue weighted by molar-refractivity contribution is -0.384. The fraction of sp³-hybridized carbons (Fsp3) is 0. The molecule has 7 nitrogen and oxygen atoms in total.